The molecule has 3 aliphatic rings. The molecule has 1 aromatic rings. The molecule has 1 N–H and O–H groups in total. The summed E-state index contributed by atoms with van der Waals surface area (Å²) in [6.07, 6.45) is 11.8. The minimum absolute atomic E-state index is 0.0115. The number of carbonyl (C=O) groups is 2. The summed E-state index contributed by atoms with van der Waals surface area (Å²) in [5.41, 5.74) is 4.58. The highest BCUT2D eigenvalue weighted by Gasteiger charge is 2.37. The second-order valence-electron chi connectivity index (χ2n) is 9.09. The largest absolute Gasteiger partial charge is 0.462 e. The smallest absolute Gasteiger partial charge is 0.342 e. The monoisotopic (exact) mass is 408 g/mol. The lowest BCUT2D eigenvalue weighted by molar-refractivity contribution is -0.139. The molecule has 30 heavy (non-hydrogen) atoms. The molecular formula is C25H32N2O3. The number of carbonyl (C=O) groups excluding carboxylic acids is 2. The average Bonchev–Trinajstić information content (AvgIpc) is 3.48. The summed E-state index contributed by atoms with van der Waals surface area (Å²) >= 11 is 0. The van der Waals surface area contributed by atoms with Crippen LogP contribution in [0.25, 0.3) is 6.08 Å². The Bertz CT molecular complexity index is 907. The quantitative estimate of drug-likeness (QED) is 0.591. The van der Waals surface area contributed by atoms with E-state index in [2.05, 4.69) is 36.3 Å². The van der Waals surface area contributed by atoms with E-state index < -0.39 is 5.97 Å². The fourth-order valence-electron chi connectivity index (χ4n) is 4.57. The van der Waals surface area contributed by atoms with Gasteiger partial charge in [0, 0.05) is 37.1 Å². The van der Waals surface area contributed by atoms with Gasteiger partial charge in [0.2, 0.25) is 0 Å². The lowest BCUT2D eigenvalue weighted by Gasteiger charge is -2.43. The van der Waals surface area contributed by atoms with Gasteiger partial charge in [-0.1, -0.05) is 0 Å². The van der Waals surface area contributed by atoms with E-state index in [0.29, 0.717) is 0 Å². The van der Waals surface area contributed by atoms with Crippen molar-refractivity contribution >= 4 is 23.5 Å². The Balaban J connectivity index is 1.78. The summed E-state index contributed by atoms with van der Waals surface area (Å²) in [6.45, 7) is 5.18. The van der Waals surface area contributed by atoms with E-state index in [9.17, 15) is 9.59 Å². The van der Waals surface area contributed by atoms with Crippen molar-refractivity contribution in [1.82, 2.24) is 5.32 Å². The molecule has 1 spiro atoms. The van der Waals surface area contributed by atoms with Crippen LogP contribution in [0.3, 0.4) is 0 Å². The molecule has 5 nitrogen and oxygen atoms in total. The second-order valence-corrected chi connectivity index (χ2v) is 9.09. The molecule has 0 bridgehead atoms. The van der Waals surface area contributed by atoms with Crippen LogP contribution in [-0.4, -0.2) is 37.5 Å². The summed E-state index contributed by atoms with van der Waals surface area (Å²) in [5, 5.41) is 3.48. The molecule has 5 heteroatoms. The van der Waals surface area contributed by atoms with Crippen LogP contribution in [0.2, 0.25) is 0 Å². The third kappa shape index (κ3) is 4.30. The number of hydrogen-bond donors (Lipinski definition) is 1. The maximum absolute atomic E-state index is 12.8. The van der Waals surface area contributed by atoms with Crippen molar-refractivity contribution in [2.24, 2.45) is 5.92 Å². The van der Waals surface area contributed by atoms with Gasteiger partial charge in [-0.25, -0.2) is 4.79 Å². The number of ether oxygens (including phenoxy) is 1. The Morgan fingerprint density at radius 2 is 2.07 bits per heavy atom. The molecule has 2 fully saturated rings. The highest BCUT2D eigenvalue weighted by Crippen LogP contribution is 2.39. The number of esters is 1. The Morgan fingerprint density at radius 3 is 2.70 bits per heavy atom. The average molecular weight is 409 g/mol. The number of ketones is 1. The van der Waals surface area contributed by atoms with E-state index in [1.54, 1.807) is 19.2 Å². The molecular weight excluding hydrogens is 376 g/mol. The van der Waals surface area contributed by atoms with Gasteiger partial charge in [-0.3, -0.25) is 4.79 Å². The van der Waals surface area contributed by atoms with E-state index in [1.165, 1.54) is 36.6 Å². The van der Waals surface area contributed by atoms with Crippen LogP contribution in [0.15, 0.2) is 30.0 Å². The van der Waals surface area contributed by atoms with Crippen LogP contribution in [0.1, 0.15) is 55.7 Å². The zero-order chi connectivity index (χ0) is 21.3. The Labute approximate surface area is 179 Å². The fourth-order valence-corrected chi connectivity index (χ4v) is 4.57. The fraction of sp³-hybridized carbons (Fsp3) is 0.520. The van der Waals surface area contributed by atoms with Crippen molar-refractivity contribution in [3.8, 4) is 0 Å². The number of hydrogen-bond acceptors (Lipinski definition) is 5. The SMILES string of the molecule is CCOC(=O)/C1=C/c2cc(C)c(N(C)CC3CC3)cc2CC2(CCC2)N/C=C\C1=O. The molecule has 1 heterocycles. The summed E-state index contributed by atoms with van der Waals surface area (Å²) in [6, 6.07) is 4.39. The van der Waals surface area contributed by atoms with Gasteiger partial charge in [-0.2, -0.15) is 0 Å². The first-order valence-electron chi connectivity index (χ1n) is 11.1. The Kier molecular flexibility index (Phi) is 5.72. The Morgan fingerprint density at radius 1 is 1.30 bits per heavy atom. The minimum atomic E-state index is -0.565. The van der Waals surface area contributed by atoms with E-state index >= 15 is 0 Å². The molecule has 1 aromatic carbocycles. The number of nitrogens with zero attached hydrogens (tertiary/aromatic N) is 1. The number of nitrogens with one attached hydrogen (secondary N) is 1. The minimum Gasteiger partial charge on any atom is -0.462 e. The zero-order valence-electron chi connectivity index (χ0n) is 18.3. The van der Waals surface area contributed by atoms with Crippen molar-refractivity contribution in [2.75, 3.05) is 25.1 Å². The summed E-state index contributed by atoms with van der Waals surface area (Å²) in [5.74, 6) is -0.0821. The highest BCUT2D eigenvalue weighted by molar-refractivity contribution is 6.24. The molecule has 0 radical (unpaired) electrons. The molecule has 2 saturated carbocycles. The number of benzene rings is 1. The third-order valence-corrected chi connectivity index (χ3v) is 6.62. The predicted molar refractivity (Wildman–Crippen MR) is 119 cm³/mol. The maximum atomic E-state index is 12.8. The van der Waals surface area contributed by atoms with Crippen LogP contribution in [-0.2, 0) is 20.7 Å². The van der Waals surface area contributed by atoms with Crippen molar-refractivity contribution in [3.63, 3.8) is 0 Å². The van der Waals surface area contributed by atoms with E-state index in [-0.39, 0.29) is 23.5 Å². The Hall–Kier alpha value is -2.56. The van der Waals surface area contributed by atoms with Gasteiger partial charge in [0.15, 0.2) is 5.78 Å². The normalized spacial score (nSPS) is 22.8. The molecule has 0 amide bonds. The molecule has 0 aromatic heterocycles. The van der Waals surface area contributed by atoms with Gasteiger partial charge in [0.25, 0.3) is 0 Å². The standard InChI is InChI=1S/C25H32N2O3/c1-4-30-24(29)21-13-19-12-17(2)22(27(3)16-18-6-7-18)14-20(19)15-25(9-5-10-25)26-11-8-23(21)28/h8,11-14,18,26H,4-7,9-10,15-16H2,1-3H3/b11-8-,21-13+. The lowest BCUT2D eigenvalue weighted by atomic mass is 9.72. The molecule has 160 valence electrons. The first-order valence-corrected chi connectivity index (χ1v) is 11.1. The molecule has 1 aliphatic heterocycles. The van der Waals surface area contributed by atoms with Gasteiger partial charge in [-0.15, -0.1) is 0 Å². The third-order valence-electron chi connectivity index (χ3n) is 6.62. The number of fused-ring (bicyclic) bond motifs is 1. The predicted octanol–water partition coefficient (Wildman–Crippen LogP) is 3.94. The van der Waals surface area contributed by atoms with Gasteiger partial charge >= 0.3 is 5.97 Å². The van der Waals surface area contributed by atoms with Gasteiger partial charge in [0.1, 0.15) is 5.57 Å². The first-order chi connectivity index (χ1) is 14.4. The van der Waals surface area contributed by atoms with Crippen LogP contribution >= 0.6 is 0 Å². The van der Waals surface area contributed by atoms with Gasteiger partial charge in [0.05, 0.1) is 6.61 Å². The van der Waals surface area contributed by atoms with Crippen molar-refractivity contribution in [2.45, 2.75) is 57.9 Å². The molecule has 2 aliphatic carbocycles. The van der Waals surface area contributed by atoms with Gasteiger partial charge < -0.3 is 15.0 Å². The number of anilines is 1. The van der Waals surface area contributed by atoms with Crippen LogP contribution in [0, 0.1) is 12.8 Å². The molecule has 4 rings (SSSR count). The first kappa shape index (κ1) is 20.7. The summed E-state index contributed by atoms with van der Waals surface area (Å²) in [4.78, 5) is 27.6. The van der Waals surface area contributed by atoms with E-state index in [0.717, 1.165) is 42.9 Å². The number of aryl methyl sites for hydroxylation is 1. The zero-order valence-corrected chi connectivity index (χ0v) is 18.3. The molecule has 0 atom stereocenters. The second kappa shape index (κ2) is 8.29. The number of allylic oxidation sites excluding steroid dienone is 1. The molecule has 0 unspecified atom stereocenters. The van der Waals surface area contributed by atoms with Crippen LogP contribution < -0.4 is 10.2 Å². The molecule has 0 saturated heterocycles. The summed E-state index contributed by atoms with van der Waals surface area (Å²) in [7, 11) is 2.16. The van der Waals surface area contributed by atoms with Crippen LogP contribution in [0.5, 0.6) is 0 Å². The van der Waals surface area contributed by atoms with Crippen molar-refractivity contribution < 1.29 is 14.3 Å². The van der Waals surface area contributed by atoms with Gasteiger partial charge in [-0.05, 0) is 93.2 Å². The van der Waals surface area contributed by atoms with E-state index in [1.807, 2.05) is 0 Å². The summed E-state index contributed by atoms with van der Waals surface area (Å²) < 4.78 is 5.16. The maximum Gasteiger partial charge on any atom is 0.342 e. The van der Waals surface area contributed by atoms with E-state index in [4.69, 9.17) is 4.74 Å². The lowest BCUT2D eigenvalue weighted by Crippen LogP contribution is -2.50. The topological polar surface area (TPSA) is 58.6 Å². The van der Waals surface area contributed by atoms with Crippen LogP contribution in [0.4, 0.5) is 5.69 Å². The number of rotatable bonds is 5. The highest BCUT2D eigenvalue weighted by atomic mass is 16.5. The van der Waals surface area contributed by atoms with Crippen molar-refractivity contribution in [1.29, 1.82) is 0 Å². The van der Waals surface area contributed by atoms with Crippen molar-refractivity contribution in [3.05, 3.63) is 46.7 Å².